The van der Waals surface area contributed by atoms with Gasteiger partial charge >= 0.3 is 0 Å². The zero-order valence-corrected chi connectivity index (χ0v) is 38.7. The van der Waals surface area contributed by atoms with Gasteiger partial charge < -0.3 is 18.9 Å². The molecule has 0 spiro atoms. The maximum Gasteiger partial charge on any atom is 0.147 e. The Balaban J connectivity index is 1.41. The predicted molar refractivity (Wildman–Crippen MR) is 255 cm³/mol. The van der Waals surface area contributed by atoms with Crippen LogP contribution in [0.2, 0.25) is 0 Å². The fourth-order valence-corrected chi connectivity index (χ4v) is 8.77. The smallest absolute Gasteiger partial charge is 0.147 e. The topological polar surface area (TPSA) is 36.9 Å². The van der Waals surface area contributed by atoms with Crippen LogP contribution in [-0.2, 0) is 35.2 Å². The molecule has 0 amide bonds. The minimum absolute atomic E-state index is 0.0275. The van der Waals surface area contributed by atoms with Crippen LogP contribution < -0.4 is 9.47 Å². The lowest BCUT2D eigenvalue weighted by atomic mass is 9.83. The molecule has 0 aromatic heterocycles. The largest absolute Gasteiger partial charge is 0.491 e. The summed E-state index contributed by atoms with van der Waals surface area (Å²) < 4.78 is 24.2. The van der Waals surface area contributed by atoms with Crippen LogP contribution in [0.15, 0.2) is 72.8 Å². The highest BCUT2D eigenvalue weighted by Crippen LogP contribution is 2.38. The molecule has 1 fully saturated rings. The molecule has 0 bridgehead atoms. The first kappa shape index (κ1) is 47.4. The summed E-state index contributed by atoms with van der Waals surface area (Å²) in [6, 6.07) is 27.5. The average molecular weight is 817 g/mol. The Labute approximate surface area is 366 Å². The first-order valence-corrected chi connectivity index (χ1v) is 24.4. The highest BCUT2D eigenvalue weighted by molar-refractivity contribution is 5.79. The molecule has 5 rings (SSSR count). The standard InChI is InChI=1S/C56H80O4/c1-7-11-15-19-23-46-36-55(47(35-44(46)6)24-20-16-12-8-2)56-38-48(25-21-17-13-9-3)54(37-49(56)26-22-18-14-10-4)45-29-33-51(34-30-45)58-41-53-39-52(59-42-60-53)40-57-50-31-27-43(5)28-32-50/h27-38,52-53H,7-26,39-42H2,1-6H3. The summed E-state index contributed by atoms with van der Waals surface area (Å²) in [5.41, 5.74) is 14.5. The van der Waals surface area contributed by atoms with Crippen LogP contribution in [0, 0.1) is 13.8 Å². The predicted octanol–water partition coefficient (Wildman–Crippen LogP) is 15.7. The molecule has 60 heavy (non-hydrogen) atoms. The number of benzene rings is 4. The molecule has 1 saturated heterocycles. The highest BCUT2D eigenvalue weighted by Gasteiger charge is 2.25. The van der Waals surface area contributed by atoms with E-state index in [-0.39, 0.29) is 19.0 Å². The summed E-state index contributed by atoms with van der Waals surface area (Å²) in [7, 11) is 0. The van der Waals surface area contributed by atoms with E-state index < -0.39 is 0 Å². The number of hydrogen-bond donors (Lipinski definition) is 0. The van der Waals surface area contributed by atoms with Crippen molar-refractivity contribution in [3.8, 4) is 33.8 Å². The van der Waals surface area contributed by atoms with E-state index in [2.05, 4.69) is 102 Å². The first-order chi connectivity index (χ1) is 29.4. The fourth-order valence-electron chi connectivity index (χ4n) is 8.77. The lowest BCUT2D eigenvalue weighted by Gasteiger charge is -2.29. The third kappa shape index (κ3) is 15.4. The van der Waals surface area contributed by atoms with Crippen LogP contribution in [0.4, 0.5) is 0 Å². The zero-order chi connectivity index (χ0) is 42.4. The molecular weight excluding hydrogens is 737 g/mol. The number of unbranched alkanes of at least 4 members (excludes halogenated alkanes) is 12. The quantitative estimate of drug-likeness (QED) is 0.0535. The second kappa shape index (κ2) is 26.7. The monoisotopic (exact) mass is 817 g/mol. The molecule has 1 heterocycles. The van der Waals surface area contributed by atoms with Crippen molar-refractivity contribution in [2.75, 3.05) is 20.0 Å². The van der Waals surface area contributed by atoms with E-state index in [4.69, 9.17) is 18.9 Å². The SMILES string of the molecule is CCCCCCc1cc(-c2cc(CCCCCC)c(-c3ccc(OCC4CC(COc5ccc(C)cc5)OCO4)cc3)cc2CCCCCC)c(CCCCCC)cc1C. The van der Waals surface area contributed by atoms with Gasteiger partial charge in [0.05, 0.1) is 12.2 Å². The molecule has 328 valence electrons. The lowest BCUT2D eigenvalue weighted by Crippen LogP contribution is -2.38. The Kier molecular flexibility index (Phi) is 21.1. The minimum Gasteiger partial charge on any atom is -0.491 e. The fraction of sp³-hybridized carbons (Fsp3) is 0.571. The maximum absolute atomic E-state index is 6.36. The summed E-state index contributed by atoms with van der Waals surface area (Å²) >= 11 is 0. The van der Waals surface area contributed by atoms with Crippen molar-refractivity contribution >= 4 is 0 Å². The van der Waals surface area contributed by atoms with E-state index in [1.165, 1.54) is 154 Å². The molecule has 1 aliphatic rings. The maximum atomic E-state index is 6.36. The number of hydrogen-bond acceptors (Lipinski definition) is 4. The molecule has 4 aromatic rings. The summed E-state index contributed by atoms with van der Waals surface area (Å²) in [4.78, 5) is 0. The van der Waals surface area contributed by atoms with Crippen molar-refractivity contribution < 1.29 is 18.9 Å². The van der Waals surface area contributed by atoms with Crippen LogP contribution >= 0.6 is 0 Å². The van der Waals surface area contributed by atoms with Crippen molar-refractivity contribution in [2.45, 2.75) is 189 Å². The Morgan fingerprint density at radius 1 is 0.450 bits per heavy atom. The number of ether oxygens (including phenoxy) is 4. The van der Waals surface area contributed by atoms with Gasteiger partial charge in [-0.15, -0.1) is 0 Å². The van der Waals surface area contributed by atoms with Gasteiger partial charge in [-0.05, 0) is 140 Å². The van der Waals surface area contributed by atoms with Crippen LogP contribution in [-0.4, -0.2) is 32.2 Å². The number of aryl methyl sites for hydroxylation is 6. The molecule has 4 aromatic carbocycles. The molecule has 4 nitrogen and oxygen atoms in total. The van der Waals surface area contributed by atoms with Gasteiger partial charge in [-0.2, -0.15) is 0 Å². The summed E-state index contributed by atoms with van der Waals surface area (Å²) in [5, 5.41) is 0. The normalized spacial score (nSPS) is 15.4. The molecular formula is C56H80O4. The molecule has 0 N–H and O–H groups in total. The summed E-state index contributed by atoms with van der Waals surface area (Å²) in [5.74, 6) is 1.74. The van der Waals surface area contributed by atoms with Gasteiger partial charge in [0, 0.05) is 6.42 Å². The van der Waals surface area contributed by atoms with Crippen molar-refractivity contribution in [3.05, 3.63) is 106 Å². The van der Waals surface area contributed by atoms with E-state index in [0.717, 1.165) is 37.2 Å². The van der Waals surface area contributed by atoms with E-state index >= 15 is 0 Å². The van der Waals surface area contributed by atoms with Gasteiger partial charge in [-0.25, -0.2) is 0 Å². The third-order valence-corrected chi connectivity index (χ3v) is 12.6. The van der Waals surface area contributed by atoms with Crippen LogP contribution in [0.5, 0.6) is 11.5 Å². The Morgan fingerprint density at radius 3 is 1.33 bits per heavy atom. The van der Waals surface area contributed by atoms with Gasteiger partial charge in [-0.1, -0.05) is 159 Å². The Hall–Kier alpha value is -3.60. The van der Waals surface area contributed by atoms with Gasteiger partial charge in [0.15, 0.2) is 0 Å². The van der Waals surface area contributed by atoms with E-state index in [1.807, 2.05) is 12.1 Å². The Bertz CT molecular complexity index is 1790. The molecule has 0 aliphatic carbocycles. The first-order valence-electron chi connectivity index (χ1n) is 24.4. The average Bonchev–Trinajstić information content (AvgIpc) is 3.27. The minimum atomic E-state index is -0.0438. The Morgan fingerprint density at radius 2 is 0.850 bits per heavy atom. The van der Waals surface area contributed by atoms with Crippen molar-refractivity contribution in [1.29, 1.82) is 0 Å². The van der Waals surface area contributed by atoms with Gasteiger partial charge in [-0.3, -0.25) is 0 Å². The van der Waals surface area contributed by atoms with Gasteiger partial charge in [0.1, 0.15) is 31.5 Å². The second-order valence-corrected chi connectivity index (χ2v) is 17.7. The second-order valence-electron chi connectivity index (χ2n) is 17.7. The van der Waals surface area contributed by atoms with Crippen LogP contribution in [0.1, 0.15) is 170 Å². The van der Waals surface area contributed by atoms with Crippen LogP contribution in [0.25, 0.3) is 22.3 Å². The van der Waals surface area contributed by atoms with E-state index in [9.17, 15) is 0 Å². The highest BCUT2D eigenvalue weighted by atomic mass is 16.7. The number of rotatable bonds is 28. The van der Waals surface area contributed by atoms with Crippen LogP contribution in [0.3, 0.4) is 0 Å². The zero-order valence-electron chi connectivity index (χ0n) is 38.7. The molecule has 2 atom stereocenters. The molecule has 0 radical (unpaired) electrons. The summed E-state index contributed by atoms with van der Waals surface area (Å²) in [6.45, 7) is 15.0. The molecule has 0 saturated carbocycles. The molecule has 4 heteroatoms. The molecule has 1 aliphatic heterocycles. The van der Waals surface area contributed by atoms with Crippen molar-refractivity contribution in [1.82, 2.24) is 0 Å². The van der Waals surface area contributed by atoms with Gasteiger partial charge in [0.2, 0.25) is 0 Å². The summed E-state index contributed by atoms with van der Waals surface area (Å²) in [6.07, 6.45) is 25.7. The van der Waals surface area contributed by atoms with E-state index in [1.54, 1.807) is 11.1 Å². The van der Waals surface area contributed by atoms with Crippen molar-refractivity contribution in [2.24, 2.45) is 0 Å². The molecule has 2 unspecified atom stereocenters. The van der Waals surface area contributed by atoms with E-state index in [0.29, 0.717) is 13.2 Å². The van der Waals surface area contributed by atoms with Gasteiger partial charge in [0.25, 0.3) is 0 Å². The lowest BCUT2D eigenvalue weighted by molar-refractivity contribution is -0.188. The van der Waals surface area contributed by atoms with Crippen molar-refractivity contribution in [3.63, 3.8) is 0 Å². The third-order valence-electron chi connectivity index (χ3n) is 12.6.